The van der Waals surface area contributed by atoms with Crippen molar-refractivity contribution in [2.75, 3.05) is 13.1 Å². The molecule has 2 aliphatic heterocycles. The standard InChI is InChI=1S/C15H22N2O4/c18-13-9-12(15(21)17(13)11-2-3-11)16-7-5-10(6-8-16)1-4-14(19)20/h10-12H,1-9H2,(H,19,20). The summed E-state index contributed by atoms with van der Waals surface area (Å²) in [7, 11) is 0. The summed E-state index contributed by atoms with van der Waals surface area (Å²) in [6, 6.07) is -0.0957. The fraction of sp³-hybridized carbons (Fsp3) is 0.800. The summed E-state index contributed by atoms with van der Waals surface area (Å²) in [6.07, 6.45) is 5.04. The number of likely N-dealkylation sites (tertiary alicyclic amines) is 2. The normalized spacial score (nSPS) is 28.4. The Labute approximate surface area is 124 Å². The monoisotopic (exact) mass is 294 g/mol. The van der Waals surface area contributed by atoms with Crippen LogP contribution in [0.25, 0.3) is 0 Å². The van der Waals surface area contributed by atoms with Crippen LogP contribution in [0.4, 0.5) is 0 Å². The molecule has 1 aliphatic carbocycles. The van der Waals surface area contributed by atoms with Crippen LogP contribution >= 0.6 is 0 Å². The van der Waals surface area contributed by atoms with Crippen molar-refractivity contribution in [3.8, 4) is 0 Å². The van der Waals surface area contributed by atoms with E-state index in [1.165, 1.54) is 4.90 Å². The second-order valence-corrected chi connectivity index (χ2v) is 6.46. The number of hydrogen-bond acceptors (Lipinski definition) is 4. The summed E-state index contributed by atoms with van der Waals surface area (Å²) in [5.74, 6) is -0.329. The van der Waals surface area contributed by atoms with Gasteiger partial charge in [0.1, 0.15) is 0 Å². The van der Waals surface area contributed by atoms with Gasteiger partial charge in [0.2, 0.25) is 11.8 Å². The number of carbonyl (C=O) groups is 3. The van der Waals surface area contributed by atoms with Crippen LogP contribution < -0.4 is 0 Å². The van der Waals surface area contributed by atoms with Crippen molar-refractivity contribution in [1.82, 2.24) is 9.80 Å². The number of carbonyl (C=O) groups excluding carboxylic acids is 2. The third kappa shape index (κ3) is 3.10. The van der Waals surface area contributed by atoms with E-state index >= 15 is 0 Å². The first-order chi connectivity index (χ1) is 10.1. The van der Waals surface area contributed by atoms with Gasteiger partial charge in [-0.1, -0.05) is 0 Å². The molecule has 1 atom stereocenters. The Morgan fingerprint density at radius 2 is 1.81 bits per heavy atom. The molecular formula is C15H22N2O4. The minimum absolute atomic E-state index is 0.00788. The highest BCUT2D eigenvalue weighted by Crippen LogP contribution is 2.34. The van der Waals surface area contributed by atoms with Gasteiger partial charge in [-0.25, -0.2) is 0 Å². The lowest BCUT2D eigenvalue weighted by atomic mass is 9.91. The predicted octanol–water partition coefficient (Wildman–Crippen LogP) is 0.853. The fourth-order valence-electron chi connectivity index (χ4n) is 3.52. The van der Waals surface area contributed by atoms with E-state index in [1.807, 2.05) is 0 Å². The SMILES string of the molecule is O=C(O)CCC1CCN(C2CC(=O)N(C3CC3)C2=O)CC1. The summed E-state index contributed by atoms with van der Waals surface area (Å²) < 4.78 is 0. The number of imide groups is 1. The minimum Gasteiger partial charge on any atom is -0.481 e. The van der Waals surface area contributed by atoms with Gasteiger partial charge in [0.25, 0.3) is 0 Å². The van der Waals surface area contributed by atoms with E-state index in [0.717, 1.165) is 45.2 Å². The average molecular weight is 294 g/mol. The molecule has 2 amide bonds. The maximum atomic E-state index is 12.4. The maximum Gasteiger partial charge on any atom is 0.303 e. The Balaban J connectivity index is 1.51. The lowest BCUT2D eigenvalue weighted by Crippen LogP contribution is -2.46. The van der Waals surface area contributed by atoms with Crippen molar-refractivity contribution in [2.45, 2.75) is 57.0 Å². The zero-order chi connectivity index (χ0) is 15.0. The van der Waals surface area contributed by atoms with E-state index in [4.69, 9.17) is 5.11 Å². The molecule has 1 saturated carbocycles. The van der Waals surface area contributed by atoms with Crippen LogP contribution in [-0.4, -0.2) is 57.9 Å². The van der Waals surface area contributed by atoms with Crippen LogP contribution in [0.2, 0.25) is 0 Å². The topological polar surface area (TPSA) is 77.9 Å². The van der Waals surface area contributed by atoms with Gasteiger partial charge in [0, 0.05) is 12.5 Å². The molecule has 1 unspecified atom stereocenters. The molecular weight excluding hydrogens is 272 g/mol. The van der Waals surface area contributed by atoms with Crippen molar-refractivity contribution in [2.24, 2.45) is 5.92 Å². The van der Waals surface area contributed by atoms with E-state index in [0.29, 0.717) is 12.3 Å². The Bertz CT molecular complexity index is 453. The molecule has 0 aromatic heterocycles. The molecule has 116 valence electrons. The van der Waals surface area contributed by atoms with Gasteiger partial charge in [-0.05, 0) is 51.1 Å². The zero-order valence-corrected chi connectivity index (χ0v) is 12.2. The molecule has 6 heteroatoms. The summed E-state index contributed by atoms with van der Waals surface area (Å²) >= 11 is 0. The molecule has 2 saturated heterocycles. The van der Waals surface area contributed by atoms with E-state index < -0.39 is 5.97 Å². The molecule has 21 heavy (non-hydrogen) atoms. The lowest BCUT2D eigenvalue weighted by molar-refractivity contribution is -0.140. The van der Waals surface area contributed by atoms with Crippen molar-refractivity contribution < 1.29 is 19.5 Å². The number of amides is 2. The molecule has 3 rings (SSSR count). The summed E-state index contributed by atoms with van der Waals surface area (Å²) in [5.41, 5.74) is 0. The van der Waals surface area contributed by atoms with Crippen LogP contribution in [0.15, 0.2) is 0 Å². The number of hydrogen-bond donors (Lipinski definition) is 1. The Kier molecular flexibility index (Phi) is 3.97. The average Bonchev–Trinajstić information content (AvgIpc) is 3.23. The van der Waals surface area contributed by atoms with Crippen molar-refractivity contribution in [1.29, 1.82) is 0 Å². The highest BCUT2D eigenvalue weighted by Gasteiger charge is 2.48. The third-order valence-electron chi connectivity index (χ3n) is 4.93. The Hall–Kier alpha value is -1.43. The molecule has 0 aromatic rings. The predicted molar refractivity (Wildman–Crippen MR) is 74.4 cm³/mol. The van der Waals surface area contributed by atoms with Crippen LogP contribution in [0.1, 0.15) is 44.9 Å². The molecule has 6 nitrogen and oxygen atoms in total. The first-order valence-electron chi connectivity index (χ1n) is 7.88. The van der Waals surface area contributed by atoms with Gasteiger partial charge < -0.3 is 5.11 Å². The Morgan fingerprint density at radius 1 is 1.14 bits per heavy atom. The third-order valence-corrected chi connectivity index (χ3v) is 4.93. The molecule has 0 radical (unpaired) electrons. The second kappa shape index (κ2) is 5.75. The highest BCUT2D eigenvalue weighted by molar-refractivity contribution is 6.06. The summed E-state index contributed by atoms with van der Waals surface area (Å²) in [5, 5.41) is 8.72. The first-order valence-corrected chi connectivity index (χ1v) is 7.88. The van der Waals surface area contributed by atoms with Gasteiger partial charge in [-0.2, -0.15) is 0 Å². The molecule has 3 aliphatic rings. The van der Waals surface area contributed by atoms with Gasteiger partial charge >= 0.3 is 5.97 Å². The molecule has 2 heterocycles. The van der Waals surface area contributed by atoms with Gasteiger partial charge in [0.15, 0.2) is 0 Å². The van der Waals surface area contributed by atoms with Crippen molar-refractivity contribution in [3.05, 3.63) is 0 Å². The largest absolute Gasteiger partial charge is 0.481 e. The lowest BCUT2D eigenvalue weighted by Gasteiger charge is -2.34. The first kappa shape index (κ1) is 14.5. The molecule has 3 fully saturated rings. The van der Waals surface area contributed by atoms with Crippen LogP contribution in [0.5, 0.6) is 0 Å². The van der Waals surface area contributed by atoms with Crippen LogP contribution in [0, 0.1) is 5.92 Å². The second-order valence-electron chi connectivity index (χ2n) is 6.46. The number of aliphatic carboxylic acids is 1. The number of rotatable bonds is 5. The molecule has 0 bridgehead atoms. The van der Waals surface area contributed by atoms with Gasteiger partial charge in [-0.15, -0.1) is 0 Å². The summed E-state index contributed by atoms with van der Waals surface area (Å²) in [4.78, 5) is 38.6. The van der Waals surface area contributed by atoms with E-state index in [-0.39, 0.29) is 30.3 Å². The molecule has 0 spiro atoms. The van der Waals surface area contributed by atoms with E-state index in [1.54, 1.807) is 0 Å². The maximum absolute atomic E-state index is 12.4. The number of carboxylic acids is 1. The zero-order valence-electron chi connectivity index (χ0n) is 12.2. The van der Waals surface area contributed by atoms with E-state index in [2.05, 4.69) is 4.90 Å². The van der Waals surface area contributed by atoms with Crippen LogP contribution in [-0.2, 0) is 14.4 Å². The quantitative estimate of drug-likeness (QED) is 0.761. The number of piperidine rings is 1. The van der Waals surface area contributed by atoms with Crippen molar-refractivity contribution in [3.63, 3.8) is 0 Å². The summed E-state index contributed by atoms with van der Waals surface area (Å²) in [6.45, 7) is 1.60. The number of nitrogens with zero attached hydrogens (tertiary/aromatic N) is 2. The molecule has 0 aromatic carbocycles. The highest BCUT2D eigenvalue weighted by atomic mass is 16.4. The van der Waals surface area contributed by atoms with Crippen LogP contribution in [0.3, 0.4) is 0 Å². The van der Waals surface area contributed by atoms with Gasteiger partial charge in [-0.3, -0.25) is 24.2 Å². The minimum atomic E-state index is -0.742. The smallest absolute Gasteiger partial charge is 0.303 e. The number of carboxylic acid groups (broad SMARTS) is 1. The van der Waals surface area contributed by atoms with E-state index in [9.17, 15) is 14.4 Å². The van der Waals surface area contributed by atoms with Crippen molar-refractivity contribution >= 4 is 17.8 Å². The Morgan fingerprint density at radius 3 is 2.38 bits per heavy atom. The molecule has 1 N–H and O–H groups in total. The van der Waals surface area contributed by atoms with Gasteiger partial charge in [0.05, 0.1) is 12.5 Å². The fourth-order valence-corrected chi connectivity index (χ4v) is 3.52.